The third kappa shape index (κ3) is 5.44. The Hall–Kier alpha value is -3.68. The number of rotatable bonds is 8. The normalized spacial score (nSPS) is 10.7. The van der Waals surface area contributed by atoms with E-state index >= 15 is 0 Å². The fourth-order valence-electron chi connectivity index (χ4n) is 2.64. The van der Waals surface area contributed by atoms with Crippen LogP contribution in [0.3, 0.4) is 0 Å². The molecule has 0 aliphatic carbocycles. The Morgan fingerprint density at radius 3 is 2.47 bits per heavy atom. The minimum atomic E-state index is -3.01. The number of Topliss-reactive ketones (excluding diaryl/α,β-unsaturated/α-hetero) is 1. The molecule has 0 bridgehead atoms. The summed E-state index contributed by atoms with van der Waals surface area (Å²) in [6.07, 6.45) is 0. The highest BCUT2D eigenvalue weighted by Gasteiger charge is 2.16. The van der Waals surface area contributed by atoms with Crippen LogP contribution in [0.25, 0.3) is 0 Å². The molecule has 0 radical (unpaired) electrons. The van der Waals surface area contributed by atoms with Crippen molar-refractivity contribution < 1.29 is 32.3 Å². The van der Waals surface area contributed by atoms with Crippen molar-refractivity contribution in [3.8, 4) is 11.5 Å². The van der Waals surface area contributed by atoms with Gasteiger partial charge in [0.25, 0.3) is 5.91 Å². The first-order chi connectivity index (χ1) is 14.3. The van der Waals surface area contributed by atoms with Gasteiger partial charge in [-0.2, -0.15) is 8.78 Å². The highest BCUT2D eigenvalue weighted by atomic mass is 19.3. The number of carbonyl (C=O) groups is 2. The predicted octanol–water partition coefficient (Wildman–Crippen LogP) is 5.22. The molecule has 0 saturated heterocycles. The van der Waals surface area contributed by atoms with Crippen LogP contribution in [-0.2, 0) is 6.61 Å². The number of benzene rings is 2. The van der Waals surface area contributed by atoms with Gasteiger partial charge in [0.2, 0.25) is 0 Å². The van der Waals surface area contributed by atoms with Gasteiger partial charge in [0.05, 0.1) is 5.69 Å². The van der Waals surface area contributed by atoms with Crippen LogP contribution < -0.4 is 14.8 Å². The highest BCUT2D eigenvalue weighted by molar-refractivity contribution is 6.03. The molecule has 0 aliphatic heterocycles. The molecule has 30 heavy (non-hydrogen) atoms. The lowest BCUT2D eigenvalue weighted by Gasteiger charge is -2.12. The van der Waals surface area contributed by atoms with Gasteiger partial charge in [-0.15, -0.1) is 0 Å². The molecule has 1 heterocycles. The van der Waals surface area contributed by atoms with Crippen molar-refractivity contribution in [1.82, 2.24) is 0 Å². The van der Waals surface area contributed by atoms with E-state index in [-0.39, 0.29) is 29.6 Å². The molecule has 0 aliphatic rings. The summed E-state index contributed by atoms with van der Waals surface area (Å²) >= 11 is 0. The molecule has 0 spiro atoms. The number of halogens is 2. The maximum absolute atomic E-state index is 12.6. The quantitative estimate of drug-likeness (QED) is 0.510. The lowest BCUT2D eigenvalue weighted by atomic mass is 10.1. The topological polar surface area (TPSA) is 77.8 Å². The first-order valence-corrected chi connectivity index (χ1v) is 9.01. The number of aryl methyl sites for hydroxylation is 1. The molecular weight excluding hydrogens is 396 g/mol. The summed E-state index contributed by atoms with van der Waals surface area (Å²) in [5, 5.41) is 2.51. The van der Waals surface area contributed by atoms with Gasteiger partial charge in [-0.3, -0.25) is 9.59 Å². The Balaban J connectivity index is 1.64. The molecule has 1 aromatic heterocycles. The van der Waals surface area contributed by atoms with Crippen molar-refractivity contribution >= 4 is 17.4 Å². The lowest BCUT2D eigenvalue weighted by Crippen LogP contribution is -2.13. The van der Waals surface area contributed by atoms with Gasteiger partial charge in [0.15, 0.2) is 11.5 Å². The van der Waals surface area contributed by atoms with E-state index in [0.29, 0.717) is 17.1 Å². The Morgan fingerprint density at radius 1 is 1.07 bits per heavy atom. The highest BCUT2D eigenvalue weighted by Crippen LogP contribution is 2.28. The Labute approximate surface area is 171 Å². The fraction of sp³-hybridized carbons (Fsp3) is 0.182. The summed E-state index contributed by atoms with van der Waals surface area (Å²) in [5.41, 5.74) is 1.45. The number of hydrogen-bond acceptors (Lipinski definition) is 5. The molecular formula is C22H19F2NO5. The Bertz CT molecular complexity index is 1040. The van der Waals surface area contributed by atoms with Crippen LogP contribution in [0, 0.1) is 6.92 Å². The van der Waals surface area contributed by atoms with Crippen molar-refractivity contribution in [3.63, 3.8) is 0 Å². The van der Waals surface area contributed by atoms with Gasteiger partial charge in [0.1, 0.15) is 23.9 Å². The monoisotopic (exact) mass is 415 g/mol. The van der Waals surface area contributed by atoms with Gasteiger partial charge in [-0.25, -0.2) is 0 Å². The van der Waals surface area contributed by atoms with Gasteiger partial charge in [0, 0.05) is 5.56 Å². The first-order valence-electron chi connectivity index (χ1n) is 9.01. The summed E-state index contributed by atoms with van der Waals surface area (Å²) in [7, 11) is 0. The van der Waals surface area contributed by atoms with E-state index in [1.165, 1.54) is 25.1 Å². The maximum Gasteiger partial charge on any atom is 0.387 e. The van der Waals surface area contributed by atoms with Crippen molar-refractivity contribution in [2.75, 3.05) is 5.32 Å². The number of nitrogens with one attached hydrogen (secondary N) is 1. The number of amides is 1. The second-order valence-corrected chi connectivity index (χ2v) is 6.47. The molecule has 0 unspecified atom stereocenters. The molecule has 156 valence electrons. The largest absolute Gasteiger partial charge is 0.486 e. The number of carbonyl (C=O) groups excluding carboxylic acids is 2. The summed E-state index contributed by atoms with van der Waals surface area (Å²) < 4.78 is 40.6. The maximum atomic E-state index is 12.6. The average Bonchev–Trinajstić information content (AvgIpc) is 3.18. The van der Waals surface area contributed by atoms with Crippen LogP contribution >= 0.6 is 0 Å². The van der Waals surface area contributed by atoms with Crippen molar-refractivity contribution in [3.05, 3.63) is 77.2 Å². The second kappa shape index (κ2) is 9.21. The van der Waals surface area contributed by atoms with Crippen LogP contribution in [0.5, 0.6) is 11.5 Å². The Kier molecular flexibility index (Phi) is 6.46. The predicted molar refractivity (Wildman–Crippen MR) is 105 cm³/mol. The van der Waals surface area contributed by atoms with Gasteiger partial charge >= 0.3 is 6.61 Å². The van der Waals surface area contributed by atoms with Gasteiger partial charge in [-0.05, 0) is 67.9 Å². The molecule has 3 aromatic rings. The molecule has 0 saturated carbocycles. The van der Waals surface area contributed by atoms with E-state index in [0.717, 1.165) is 5.56 Å². The lowest BCUT2D eigenvalue weighted by molar-refractivity contribution is -0.0493. The third-order valence-electron chi connectivity index (χ3n) is 4.13. The molecule has 1 amide bonds. The van der Waals surface area contributed by atoms with Gasteiger partial charge < -0.3 is 19.2 Å². The average molecular weight is 415 g/mol. The van der Waals surface area contributed by atoms with Crippen molar-refractivity contribution in [2.45, 2.75) is 27.1 Å². The SMILES string of the molecule is CC(=O)c1ccc(OCc2ccc(C(=O)Nc3cc(C)ccc3OC(F)F)o2)cc1. The zero-order chi connectivity index (χ0) is 21.7. The molecule has 3 rings (SSSR count). The summed E-state index contributed by atoms with van der Waals surface area (Å²) in [5.74, 6) is 0.119. The molecule has 2 aromatic carbocycles. The van der Waals surface area contributed by atoms with Gasteiger partial charge in [-0.1, -0.05) is 6.07 Å². The van der Waals surface area contributed by atoms with E-state index in [9.17, 15) is 18.4 Å². The van der Waals surface area contributed by atoms with E-state index < -0.39 is 12.5 Å². The van der Waals surface area contributed by atoms with Crippen LogP contribution in [0.4, 0.5) is 14.5 Å². The number of anilines is 1. The van der Waals surface area contributed by atoms with Crippen molar-refractivity contribution in [1.29, 1.82) is 0 Å². The third-order valence-corrected chi connectivity index (χ3v) is 4.13. The molecule has 6 nitrogen and oxygen atoms in total. The summed E-state index contributed by atoms with van der Waals surface area (Å²) in [6.45, 7) is 0.287. The molecule has 8 heteroatoms. The molecule has 0 atom stereocenters. The zero-order valence-electron chi connectivity index (χ0n) is 16.3. The molecule has 1 N–H and O–H groups in total. The number of furan rings is 1. The van der Waals surface area contributed by atoms with Crippen LogP contribution in [-0.4, -0.2) is 18.3 Å². The summed E-state index contributed by atoms with van der Waals surface area (Å²) in [4.78, 5) is 23.7. The Morgan fingerprint density at radius 2 is 1.80 bits per heavy atom. The summed E-state index contributed by atoms with van der Waals surface area (Å²) in [6, 6.07) is 14.1. The number of ketones is 1. The molecule has 0 fully saturated rings. The smallest absolute Gasteiger partial charge is 0.387 e. The zero-order valence-corrected chi connectivity index (χ0v) is 16.3. The minimum absolute atomic E-state index is 0.00923. The van der Waals surface area contributed by atoms with Crippen LogP contribution in [0.1, 0.15) is 39.2 Å². The second-order valence-electron chi connectivity index (χ2n) is 6.47. The minimum Gasteiger partial charge on any atom is -0.486 e. The first kappa shape index (κ1) is 21.0. The number of ether oxygens (including phenoxy) is 2. The number of hydrogen-bond donors (Lipinski definition) is 1. The number of alkyl halides is 2. The van der Waals surface area contributed by atoms with Crippen molar-refractivity contribution in [2.24, 2.45) is 0 Å². The van der Waals surface area contributed by atoms with Crippen LogP contribution in [0.15, 0.2) is 59.0 Å². The van der Waals surface area contributed by atoms with E-state index in [1.54, 1.807) is 43.3 Å². The van der Waals surface area contributed by atoms with Crippen LogP contribution in [0.2, 0.25) is 0 Å². The van der Waals surface area contributed by atoms with E-state index in [1.807, 2.05) is 0 Å². The van der Waals surface area contributed by atoms with E-state index in [4.69, 9.17) is 9.15 Å². The fourth-order valence-corrected chi connectivity index (χ4v) is 2.64. The standard InChI is InChI=1S/C22H19F2NO5/c1-13-3-9-19(30-22(23)24)18(11-13)25-21(27)20-10-8-17(29-20)12-28-16-6-4-15(5-7-16)14(2)26/h3-11,22H,12H2,1-2H3,(H,25,27). The van der Waals surface area contributed by atoms with E-state index in [2.05, 4.69) is 10.1 Å².